The van der Waals surface area contributed by atoms with Crippen molar-refractivity contribution in [3.8, 4) is 0 Å². The molecule has 2 aromatic rings. The summed E-state index contributed by atoms with van der Waals surface area (Å²) < 4.78 is 6.65. The molecule has 1 aliphatic rings. The smallest absolute Gasteiger partial charge is 0.261 e. The average molecular weight is 432 g/mol. The van der Waals surface area contributed by atoms with Gasteiger partial charge < -0.3 is 24.5 Å². The van der Waals surface area contributed by atoms with Crippen LogP contribution in [0.15, 0.2) is 60.7 Å². The van der Waals surface area contributed by atoms with Crippen LogP contribution in [-0.2, 0) is 4.43 Å². The monoisotopic (exact) mass is 431 g/mol. The van der Waals surface area contributed by atoms with Gasteiger partial charge in [-0.3, -0.25) is 0 Å². The first-order chi connectivity index (χ1) is 13.8. The second-order valence-corrected chi connectivity index (χ2v) is 14.2. The number of benzene rings is 2. The Hall–Kier alpha value is -1.54. The number of hydroxylamine groups is 3. The van der Waals surface area contributed by atoms with E-state index in [0.29, 0.717) is 12.8 Å². The van der Waals surface area contributed by atoms with E-state index in [-0.39, 0.29) is 15.8 Å². The minimum atomic E-state index is -2.60. The molecule has 5 nitrogen and oxygen atoms in total. The van der Waals surface area contributed by atoms with Gasteiger partial charge in [-0.05, 0) is 15.4 Å². The van der Waals surface area contributed by atoms with Crippen LogP contribution in [0.2, 0.25) is 5.04 Å². The molecule has 3 atom stereocenters. The number of nitrogens with zero attached hydrogens (tertiary/aromatic N) is 1. The minimum Gasteiger partial charge on any atom is -0.633 e. The molecule has 1 unspecified atom stereocenters. The third kappa shape index (κ3) is 6.23. The Morgan fingerprint density at radius 2 is 1.17 bits per heavy atom. The molecule has 0 radical (unpaired) electrons. The highest BCUT2D eigenvalue weighted by Gasteiger charge is 2.52. The van der Waals surface area contributed by atoms with Crippen molar-refractivity contribution in [2.75, 3.05) is 21.1 Å². The topological polar surface area (TPSA) is 72.8 Å². The van der Waals surface area contributed by atoms with Crippen LogP contribution in [0.3, 0.4) is 0 Å². The Balaban J connectivity index is 0.000000575. The number of hydrogen-bond donors (Lipinski definition) is 2. The number of rotatable bonds is 4. The van der Waals surface area contributed by atoms with E-state index in [4.69, 9.17) is 4.43 Å². The normalized spacial score (nSPS) is 22.4. The van der Waals surface area contributed by atoms with Crippen LogP contribution < -0.4 is 10.4 Å². The number of aliphatic hydroxyl groups excluding tert-OH is 2. The molecule has 0 aliphatic heterocycles. The fourth-order valence-corrected chi connectivity index (χ4v) is 8.69. The summed E-state index contributed by atoms with van der Waals surface area (Å²) in [5, 5.41) is 32.4. The number of aliphatic hydroxyl groups is 2. The van der Waals surface area contributed by atoms with E-state index in [2.05, 4.69) is 69.3 Å². The van der Waals surface area contributed by atoms with Crippen LogP contribution in [0, 0.1) is 5.21 Å². The van der Waals surface area contributed by atoms with E-state index < -0.39 is 20.5 Å². The van der Waals surface area contributed by atoms with Gasteiger partial charge in [0.15, 0.2) is 0 Å². The third-order valence-electron chi connectivity index (χ3n) is 5.21. The largest absolute Gasteiger partial charge is 0.633 e. The summed E-state index contributed by atoms with van der Waals surface area (Å²) in [6.07, 6.45) is -0.528. The Morgan fingerprint density at radius 1 is 0.833 bits per heavy atom. The van der Waals surface area contributed by atoms with Gasteiger partial charge in [0.05, 0.1) is 39.5 Å². The van der Waals surface area contributed by atoms with Crippen molar-refractivity contribution in [1.82, 2.24) is 0 Å². The van der Waals surface area contributed by atoms with E-state index in [9.17, 15) is 15.4 Å². The molecule has 1 aliphatic carbocycles. The summed E-state index contributed by atoms with van der Waals surface area (Å²) in [7, 11) is 2.11. The molecule has 0 heterocycles. The van der Waals surface area contributed by atoms with E-state index in [1.807, 2.05) is 12.1 Å². The van der Waals surface area contributed by atoms with Crippen molar-refractivity contribution in [2.45, 2.75) is 57.0 Å². The first-order valence-electron chi connectivity index (χ1n) is 10.5. The van der Waals surface area contributed by atoms with Crippen LogP contribution in [0.1, 0.15) is 33.6 Å². The zero-order valence-corrected chi connectivity index (χ0v) is 20.1. The summed E-state index contributed by atoms with van der Waals surface area (Å²) in [6, 6.07) is 20.9. The van der Waals surface area contributed by atoms with Gasteiger partial charge in [-0.25, -0.2) is 0 Å². The van der Waals surface area contributed by atoms with Crippen molar-refractivity contribution < 1.29 is 19.3 Å². The third-order valence-corrected chi connectivity index (χ3v) is 10.3. The van der Waals surface area contributed by atoms with Gasteiger partial charge in [-0.2, -0.15) is 0 Å². The highest BCUT2D eigenvalue weighted by Crippen LogP contribution is 2.39. The first kappa shape index (κ1) is 24.7. The van der Waals surface area contributed by atoms with Crippen molar-refractivity contribution in [2.24, 2.45) is 0 Å². The molecule has 6 heteroatoms. The molecule has 2 aromatic carbocycles. The lowest BCUT2D eigenvalue weighted by atomic mass is 10.2. The second-order valence-electron chi connectivity index (χ2n) is 9.90. The van der Waals surface area contributed by atoms with Crippen molar-refractivity contribution in [3.05, 3.63) is 65.9 Å². The average Bonchev–Trinajstić information content (AvgIpc) is 2.96. The molecule has 0 spiro atoms. The molecule has 1 fully saturated rings. The van der Waals surface area contributed by atoms with Gasteiger partial charge in [0.25, 0.3) is 8.32 Å². The minimum absolute atomic E-state index is 0.0891. The molecule has 30 heavy (non-hydrogen) atoms. The van der Waals surface area contributed by atoms with Crippen LogP contribution in [-0.4, -0.2) is 62.6 Å². The summed E-state index contributed by atoms with van der Waals surface area (Å²) in [5.74, 6) is 0. The van der Waals surface area contributed by atoms with E-state index in [0.717, 1.165) is 0 Å². The van der Waals surface area contributed by atoms with Gasteiger partial charge in [0.2, 0.25) is 0 Å². The molecule has 0 amide bonds. The SMILES string of the molecule is CC(C)(C)[Si](OC1C[C@@H](O)[C@@H](O)C1)(c1ccccc1)c1ccccc1.C[N+](C)(C)[O-]. The van der Waals surface area contributed by atoms with E-state index >= 15 is 0 Å². The lowest BCUT2D eigenvalue weighted by Crippen LogP contribution is -2.67. The summed E-state index contributed by atoms with van der Waals surface area (Å²) in [4.78, 5) is 0. The highest BCUT2D eigenvalue weighted by atomic mass is 28.4. The zero-order chi connectivity index (χ0) is 22.6. The van der Waals surface area contributed by atoms with Gasteiger partial charge >= 0.3 is 0 Å². The lowest BCUT2D eigenvalue weighted by molar-refractivity contribution is -0.818. The maximum Gasteiger partial charge on any atom is 0.261 e. The van der Waals surface area contributed by atoms with Crippen LogP contribution >= 0.6 is 0 Å². The molecule has 0 aromatic heterocycles. The van der Waals surface area contributed by atoms with Crippen LogP contribution in [0.4, 0.5) is 0 Å². The Bertz CT molecular complexity index is 716. The second kappa shape index (κ2) is 9.72. The quantitative estimate of drug-likeness (QED) is 0.443. The fraction of sp³-hybridized carbons (Fsp3) is 0.500. The van der Waals surface area contributed by atoms with Gasteiger partial charge in [-0.1, -0.05) is 81.4 Å². The van der Waals surface area contributed by atoms with Crippen molar-refractivity contribution in [1.29, 1.82) is 0 Å². The van der Waals surface area contributed by atoms with Crippen LogP contribution in [0.25, 0.3) is 0 Å². The maximum atomic E-state index is 10.0. The molecular weight excluding hydrogens is 394 g/mol. The number of quaternary nitrogens is 1. The maximum absolute atomic E-state index is 10.0. The Morgan fingerprint density at radius 3 is 1.47 bits per heavy atom. The zero-order valence-electron chi connectivity index (χ0n) is 19.1. The summed E-state index contributed by atoms with van der Waals surface area (Å²) in [5.41, 5.74) is 0. The molecule has 0 bridgehead atoms. The molecule has 2 N–H and O–H groups in total. The Labute approximate surface area is 182 Å². The molecular formula is C24H37NO4Si. The number of hydrogen-bond acceptors (Lipinski definition) is 4. The standard InChI is InChI=1S/C21H28O3Si.C3H9NO/c1-21(2,3)25(17-10-6-4-7-11-17,18-12-8-5-9-13-18)24-16-14-19(22)20(23)15-16;1-4(2,3)5/h4-13,16,19-20,22-23H,14-15H2,1-3H3;1-3H3/t16?,19-,20+;. The first-order valence-corrected chi connectivity index (χ1v) is 12.4. The predicted octanol–water partition coefficient (Wildman–Crippen LogP) is 2.64. The summed E-state index contributed by atoms with van der Waals surface area (Å²) >= 11 is 0. The summed E-state index contributed by atoms with van der Waals surface area (Å²) in [6.45, 7) is 6.71. The van der Waals surface area contributed by atoms with E-state index in [1.165, 1.54) is 10.4 Å². The van der Waals surface area contributed by atoms with Gasteiger partial charge in [-0.15, -0.1) is 0 Å². The molecule has 0 saturated heterocycles. The molecule has 1 saturated carbocycles. The van der Waals surface area contributed by atoms with E-state index in [1.54, 1.807) is 21.1 Å². The van der Waals surface area contributed by atoms with Gasteiger partial charge in [0, 0.05) is 12.8 Å². The lowest BCUT2D eigenvalue weighted by Gasteiger charge is -2.44. The van der Waals surface area contributed by atoms with Gasteiger partial charge in [0.1, 0.15) is 0 Å². The molecule has 166 valence electrons. The highest BCUT2D eigenvalue weighted by molar-refractivity contribution is 6.99. The predicted molar refractivity (Wildman–Crippen MR) is 125 cm³/mol. The fourth-order valence-electron chi connectivity index (χ4n) is 3.99. The molecule has 3 rings (SSSR count). The van der Waals surface area contributed by atoms with Crippen molar-refractivity contribution in [3.63, 3.8) is 0 Å². The van der Waals surface area contributed by atoms with Crippen LogP contribution in [0.5, 0.6) is 0 Å². The van der Waals surface area contributed by atoms with Crippen molar-refractivity contribution >= 4 is 18.7 Å². The Kier molecular flexibility index (Phi) is 8.01.